The van der Waals surface area contributed by atoms with Crippen molar-refractivity contribution < 1.29 is 27.9 Å². The molecule has 0 radical (unpaired) electrons. The number of benzene rings is 1. The lowest BCUT2D eigenvalue weighted by Gasteiger charge is -2.27. The molecule has 1 N–H and O–H groups in total. The molecular weight excluding hydrogens is 360 g/mol. The average Bonchev–Trinajstić information content (AvgIpc) is 2.62. The number of carbonyl (C=O) groups excluding carboxylic acids is 1. The number of carbonyl (C=O) groups is 2. The summed E-state index contributed by atoms with van der Waals surface area (Å²) in [7, 11) is -3.70. The summed E-state index contributed by atoms with van der Waals surface area (Å²) in [5, 5.41) is 8.86. The fourth-order valence-electron chi connectivity index (χ4n) is 2.70. The van der Waals surface area contributed by atoms with E-state index < -0.39 is 16.0 Å². The molecule has 0 aliphatic carbocycles. The molecule has 0 saturated carbocycles. The minimum atomic E-state index is -3.70. The van der Waals surface area contributed by atoms with Crippen LogP contribution in [0.15, 0.2) is 29.2 Å². The van der Waals surface area contributed by atoms with Crippen LogP contribution in [0.1, 0.15) is 30.6 Å². The molecule has 0 atom stereocenters. The molecule has 144 valence electrons. The molecule has 1 aliphatic heterocycles. The van der Waals surface area contributed by atoms with Gasteiger partial charge in [0, 0.05) is 31.2 Å². The van der Waals surface area contributed by atoms with Crippen molar-refractivity contribution in [2.75, 3.05) is 32.8 Å². The Morgan fingerprint density at radius 3 is 2.50 bits per heavy atom. The van der Waals surface area contributed by atoms with Gasteiger partial charge in [-0.05, 0) is 32.0 Å². The van der Waals surface area contributed by atoms with Crippen LogP contribution in [0.3, 0.4) is 0 Å². The Bertz CT molecular complexity index is 756. The largest absolute Gasteiger partial charge is 0.481 e. The summed E-state index contributed by atoms with van der Waals surface area (Å²) in [5.41, 5.74) is 0.221. The van der Waals surface area contributed by atoms with Crippen LogP contribution in [0.4, 0.5) is 0 Å². The SMILES string of the molecule is CC(C)N(CCC(=O)O)C(=O)c1cccc(S(=O)(=O)N2CCOCC2)c1. The molecule has 2 rings (SSSR count). The highest BCUT2D eigenvalue weighted by molar-refractivity contribution is 7.89. The molecule has 0 unspecified atom stereocenters. The third kappa shape index (κ3) is 4.80. The van der Waals surface area contributed by atoms with Crippen molar-refractivity contribution >= 4 is 21.9 Å². The number of hydrogen-bond donors (Lipinski definition) is 1. The summed E-state index contributed by atoms with van der Waals surface area (Å²) in [5.74, 6) is -1.38. The summed E-state index contributed by atoms with van der Waals surface area (Å²) in [6.45, 7) is 4.87. The Balaban J connectivity index is 2.26. The number of aliphatic carboxylic acids is 1. The topological polar surface area (TPSA) is 104 Å². The third-order valence-electron chi connectivity index (χ3n) is 4.14. The van der Waals surface area contributed by atoms with Gasteiger partial charge in [-0.3, -0.25) is 9.59 Å². The molecule has 1 amide bonds. The van der Waals surface area contributed by atoms with Crippen molar-refractivity contribution in [1.29, 1.82) is 0 Å². The molecule has 0 spiro atoms. The number of nitrogens with zero attached hydrogens (tertiary/aromatic N) is 2. The Kier molecular flexibility index (Phi) is 6.74. The van der Waals surface area contributed by atoms with Gasteiger partial charge < -0.3 is 14.7 Å². The van der Waals surface area contributed by atoms with E-state index in [1.807, 2.05) is 0 Å². The van der Waals surface area contributed by atoms with Gasteiger partial charge in [0.1, 0.15) is 0 Å². The van der Waals surface area contributed by atoms with Gasteiger partial charge in [0.05, 0.1) is 24.5 Å². The molecular formula is C17H24N2O6S. The molecule has 26 heavy (non-hydrogen) atoms. The fourth-order valence-corrected chi connectivity index (χ4v) is 4.16. The second-order valence-corrected chi connectivity index (χ2v) is 8.22. The van der Waals surface area contributed by atoms with Gasteiger partial charge in [0.2, 0.25) is 10.0 Å². The maximum absolute atomic E-state index is 12.8. The molecule has 1 saturated heterocycles. The lowest BCUT2D eigenvalue weighted by atomic mass is 10.1. The molecule has 9 heteroatoms. The minimum absolute atomic E-state index is 0.0483. The van der Waals surface area contributed by atoms with Crippen LogP contribution in [-0.4, -0.2) is 73.5 Å². The van der Waals surface area contributed by atoms with Crippen molar-refractivity contribution in [3.8, 4) is 0 Å². The molecule has 1 aromatic rings. The van der Waals surface area contributed by atoms with Crippen LogP contribution in [-0.2, 0) is 19.6 Å². The standard InChI is InChI=1S/C17H24N2O6S/c1-13(2)19(7-6-16(20)21)17(22)14-4-3-5-15(12-14)26(23,24)18-8-10-25-11-9-18/h3-5,12-13H,6-11H2,1-2H3,(H,20,21). The Morgan fingerprint density at radius 1 is 1.27 bits per heavy atom. The van der Waals surface area contributed by atoms with E-state index in [1.54, 1.807) is 13.8 Å². The van der Waals surface area contributed by atoms with E-state index in [0.29, 0.717) is 13.2 Å². The van der Waals surface area contributed by atoms with Crippen LogP contribution >= 0.6 is 0 Å². The van der Waals surface area contributed by atoms with Gasteiger partial charge >= 0.3 is 5.97 Å². The summed E-state index contributed by atoms with van der Waals surface area (Å²) >= 11 is 0. The fraction of sp³-hybridized carbons (Fsp3) is 0.529. The quantitative estimate of drug-likeness (QED) is 0.753. The van der Waals surface area contributed by atoms with E-state index >= 15 is 0 Å². The Labute approximate surface area is 153 Å². The number of rotatable bonds is 7. The molecule has 0 bridgehead atoms. The van der Waals surface area contributed by atoms with Crippen molar-refractivity contribution in [3.63, 3.8) is 0 Å². The Morgan fingerprint density at radius 2 is 1.92 bits per heavy atom. The zero-order chi connectivity index (χ0) is 19.3. The zero-order valence-corrected chi connectivity index (χ0v) is 15.7. The van der Waals surface area contributed by atoms with Crippen molar-refractivity contribution in [2.24, 2.45) is 0 Å². The van der Waals surface area contributed by atoms with Crippen molar-refractivity contribution in [2.45, 2.75) is 31.2 Å². The first-order valence-corrected chi connectivity index (χ1v) is 9.88. The molecule has 1 aliphatic rings. The lowest BCUT2D eigenvalue weighted by molar-refractivity contribution is -0.137. The van der Waals surface area contributed by atoms with Crippen LogP contribution in [0.25, 0.3) is 0 Å². The first-order valence-electron chi connectivity index (χ1n) is 8.44. The highest BCUT2D eigenvalue weighted by atomic mass is 32.2. The van der Waals surface area contributed by atoms with E-state index in [-0.39, 0.29) is 48.5 Å². The van der Waals surface area contributed by atoms with E-state index in [0.717, 1.165) is 0 Å². The number of hydrogen-bond acceptors (Lipinski definition) is 5. The van der Waals surface area contributed by atoms with E-state index in [4.69, 9.17) is 9.84 Å². The first kappa shape index (κ1) is 20.3. The van der Waals surface area contributed by atoms with Crippen LogP contribution in [0.5, 0.6) is 0 Å². The van der Waals surface area contributed by atoms with E-state index in [1.165, 1.54) is 33.5 Å². The van der Waals surface area contributed by atoms with Crippen LogP contribution in [0.2, 0.25) is 0 Å². The number of ether oxygens (including phenoxy) is 1. The number of amides is 1. The number of sulfonamides is 1. The molecule has 1 heterocycles. The van der Waals surface area contributed by atoms with Crippen LogP contribution in [0, 0.1) is 0 Å². The van der Waals surface area contributed by atoms with Crippen LogP contribution < -0.4 is 0 Å². The van der Waals surface area contributed by atoms with E-state index in [2.05, 4.69) is 0 Å². The third-order valence-corrected chi connectivity index (χ3v) is 6.03. The normalized spacial score (nSPS) is 15.8. The predicted molar refractivity (Wildman–Crippen MR) is 94.4 cm³/mol. The second kappa shape index (κ2) is 8.61. The highest BCUT2D eigenvalue weighted by Crippen LogP contribution is 2.20. The maximum Gasteiger partial charge on any atom is 0.305 e. The molecule has 8 nitrogen and oxygen atoms in total. The van der Waals surface area contributed by atoms with E-state index in [9.17, 15) is 18.0 Å². The summed E-state index contributed by atoms with van der Waals surface area (Å²) in [6, 6.07) is 5.66. The number of morpholine rings is 1. The van der Waals surface area contributed by atoms with Gasteiger partial charge in [-0.2, -0.15) is 4.31 Å². The van der Waals surface area contributed by atoms with Crippen molar-refractivity contribution in [3.05, 3.63) is 29.8 Å². The molecule has 1 aromatic carbocycles. The van der Waals surface area contributed by atoms with Gasteiger partial charge in [-0.15, -0.1) is 0 Å². The molecule has 0 aromatic heterocycles. The second-order valence-electron chi connectivity index (χ2n) is 6.28. The zero-order valence-electron chi connectivity index (χ0n) is 14.9. The Hall–Kier alpha value is -1.97. The smallest absolute Gasteiger partial charge is 0.305 e. The maximum atomic E-state index is 12.8. The first-order chi connectivity index (χ1) is 12.2. The lowest BCUT2D eigenvalue weighted by Crippen LogP contribution is -2.41. The predicted octanol–water partition coefficient (Wildman–Crippen LogP) is 1.03. The summed E-state index contributed by atoms with van der Waals surface area (Å²) in [6.07, 6.45) is -0.171. The van der Waals surface area contributed by atoms with Crippen molar-refractivity contribution in [1.82, 2.24) is 9.21 Å². The van der Waals surface area contributed by atoms with Gasteiger partial charge in [-0.1, -0.05) is 6.07 Å². The average molecular weight is 384 g/mol. The monoisotopic (exact) mass is 384 g/mol. The number of carboxylic acids is 1. The molecule has 1 fully saturated rings. The van der Waals surface area contributed by atoms with Gasteiger partial charge in [-0.25, -0.2) is 8.42 Å². The number of carboxylic acid groups (broad SMARTS) is 1. The summed E-state index contributed by atoms with van der Waals surface area (Å²) < 4.78 is 32.0. The van der Waals surface area contributed by atoms with Gasteiger partial charge in [0.25, 0.3) is 5.91 Å². The minimum Gasteiger partial charge on any atom is -0.481 e. The highest BCUT2D eigenvalue weighted by Gasteiger charge is 2.28. The van der Waals surface area contributed by atoms with Gasteiger partial charge in [0.15, 0.2) is 0 Å². The summed E-state index contributed by atoms with van der Waals surface area (Å²) in [4.78, 5) is 25.0.